The molecule has 0 fully saturated rings. The fraction of sp³-hybridized carbons (Fsp3) is 0.885. The predicted molar refractivity (Wildman–Crippen MR) is 131 cm³/mol. The van der Waals surface area contributed by atoms with Crippen LogP contribution in [0.4, 0.5) is 0 Å². The Bertz CT molecular complexity index is 549. The quantitative estimate of drug-likeness (QED) is 0.0416. The van der Waals surface area contributed by atoms with E-state index >= 15 is 0 Å². The van der Waals surface area contributed by atoms with Crippen LogP contribution in [-0.2, 0) is 9.59 Å². The first-order chi connectivity index (χ1) is 16.3. The molecular formula is C26H49N2Na2O6+. The van der Waals surface area contributed by atoms with Gasteiger partial charge < -0.3 is 29.7 Å². The topological polar surface area (TPSA) is 133 Å². The smallest absolute Gasteiger partial charge is 0.862 e. The number of aliphatic hydroxyl groups excluding tert-OH is 1. The number of carbonyl (C=O) groups excluding carboxylic acids is 1. The number of carboxylic acids is 2. The van der Waals surface area contributed by atoms with Gasteiger partial charge in [0, 0.05) is 0 Å². The van der Waals surface area contributed by atoms with Gasteiger partial charge in [-0.3, -0.25) is 4.99 Å². The second-order valence-corrected chi connectivity index (χ2v) is 9.57. The first kappa shape index (κ1) is 40.8. The zero-order valence-electron chi connectivity index (χ0n) is 23.5. The molecule has 0 amide bonds. The fourth-order valence-electron chi connectivity index (χ4n) is 4.37. The third kappa shape index (κ3) is 26.0. The summed E-state index contributed by atoms with van der Waals surface area (Å²) in [6, 6.07) is 0. The summed E-state index contributed by atoms with van der Waals surface area (Å²) in [7, 11) is 0. The van der Waals surface area contributed by atoms with Crippen molar-refractivity contribution in [3.63, 3.8) is 0 Å². The molecule has 2 N–H and O–H groups in total. The Morgan fingerprint density at radius 3 is 1.56 bits per heavy atom. The van der Waals surface area contributed by atoms with Crippen LogP contribution in [-0.4, -0.2) is 71.9 Å². The maximum atomic E-state index is 12.0. The zero-order valence-corrected chi connectivity index (χ0v) is 27.5. The SMILES string of the molecule is CCCCCCCCCCCCCCCCCC([O-])=NCC[N+](CCO)(CC(=O)[O-])CC(=O)O.[Na+].[Na+]. The van der Waals surface area contributed by atoms with E-state index in [2.05, 4.69) is 11.9 Å². The van der Waals surface area contributed by atoms with E-state index in [1.165, 1.54) is 77.0 Å². The maximum Gasteiger partial charge on any atom is 1.00 e. The molecule has 0 saturated carbocycles. The van der Waals surface area contributed by atoms with E-state index in [4.69, 9.17) is 5.11 Å². The zero-order chi connectivity index (χ0) is 25.5. The number of aliphatic hydroxyl groups is 1. The molecular weight excluding hydrogens is 482 g/mol. The van der Waals surface area contributed by atoms with Gasteiger partial charge in [-0.1, -0.05) is 96.8 Å². The first-order valence-corrected chi connectivity index (χ1v) is 13.4. The monoisotopic (exact) mass is 531 g/mol. The molecule has 0 radical (unpaired) electrons. The Hall–Kier alpha value is 0.330. The van der Waals surface area contributed by atoms with Gasteiger partial charge in [0.2, 0.25) is 0 Å². The van der Waals surface area contributed by atoms with Gasteiger partial charge in [0.25, 0.3) is 0 Å². The summed E-state index contributed by atoms with van der Waals surface area (Å²) in [5.41, 5.74) is 0. The number of aliphatic imine (C=N–C) groups is 1. The van der Waals surface area contributed by atoms with E-state index in [-0.39, 0.29) is 95.7 Å². The van der Waals surface area contributed by atoms with E-state index in [0.717, 1.165) is 19.3 Å². The Morgan fingerprint density at radius 2 is 1.17 bits per heavy atom. The van der Waals surface area contributed by atoms with Crippen molar-refractivity contribution < 1.29 is 93.6 Å². The van der Waals surface area contributed by atoms with Crippen LogP contribution in [0.2, 0.25) is 0 Å². The molecule has 0 aromatic rings. The van der Waals surface area contributed by atoms with Gasteiger partial charge in [-0.05, 0) is 18.7 Å². The number of carbonyl (C=O) groups is 2. The van der Waals surface area contributed by atoms with Crippen molar-refractivity contribution in [1.82, 2.24) is 0 Å². The van der Waals surface area contributed by atoms with Crippen molar-refractivity contribution >= 4 is 17.8 Å². The van der Waals surface area contributed by atoms with Gasteiger partial charge in [-0.25, -0.2) is 4.79 Å². The van der Waals surface area contributed by atoms with Crippen LogP contribution in [0.25, 0.3) is 0 Å². The van der Waals surface area contributed by atoms with E-state index in [9.17, 15) is 24.9 Å². The minimum atomic E-state index is -1.39. The van der Waals surface area contributed by atoms with E-state index in [1.807, 2.05) is 0 Å². The number of hydrogen-bond donors (Lipinski definition) is 2. The molecule has 8 nitrogen and oxygen atoms in total. The standard InChI is InChI=1S/C26H50N2O6.2Na/c1-2-3-4-5-6-7-8-9-10-11-12-13-14-15-16-17-24(30)27-18-19-28(20-21-29,22-25(31)32)23-26(33)34;;/h29H,2-23H2,1H3,(H2-,27,30,31,32,33,34);;/q;2*+1/p-1. The van der Waals surface area contributed by atoms with Crippen LogP contribution < -0.4 is 69.3 Å². The van der Waals surface area contributed by atoms with Crippen LogP contribution in [0, 0.1) is 0 Å². The number of aliphatic carboxylic acids is 2. The molecule has 0 aliphatic heterocycles. The third-order valence-electron chi connectivity index (χ3n) is 6.37. The summed E-state index contributed by atoms with van der Waals surface area (Å²) in [4.78, 5) is 26.1. The van der Waals surface area contributed by atoms with Gasteiger partial charge in [0.15, 0.2) is 6.54 Å². The first-order valence-electron chi connectivity index (χ1n) is 13.4. The van der Waals surface area contributed by atoms with Gasteiger partial charge in [0.1, 0.15) is 13.1 Å². The summed E-state index contributed by atoms with van der Waals surface area (Å²) >= 11 is 0. The van der Waals surface area contributed by atoms with Crippen LogP contribution in [0.3, 0.4) is 0 Å². The molecule has 1 atom stereocenters. The Morgan fingerprint density at radius 1 is 0.722 bits per heavy atom. The average Bonchev–Trinajstić information content (AvgIpc) is 2.75. The second kappa shape index (κ2) is 28.3. The minimum Gasteiger partial charge on any atom is -0.862 e. The maximum absolute atomic E-state index is 12.0. The van der Waals surface area contributed by atoms with Crippen LogP contribution >= 0.6 is 0 Å². The molecule has 0 aromatic heterocycles. The van der Waals surface area contributed by atoms with Crippen molar-refractivity contribution in [3.05, 3.63) is 0 Å². The van der Waals surface area contributed by atoms with Crippen molar-refractivity contribution in [3.8, 4) is 0 Å². The summed E-state index contributed by atoms with van der Waals surface area (Å²) in [5, 5.41) is 41.3. The van der Waals surface area contributed by atoms with E-state index in [0.29, 0.717) is 6.42 Å². The molecule has 10 heteroatoms. The normalized spacial score (nSPS) is 12.9. The molecule has 0 aliphatic carbocycles. The summed E-state index contributed by atoms with van der Waals surface area (Å²) in [6.45, 7) is 0.965. The summed E-state index contributed by atoms with van der Waals surface area (Å²) < 4.78 is -0.385. The van der Waals surface area contributed by atoms with Gasteiger partial charge in [-0.15, -0.1) is 0 Å². The van der Waals surface area contributed by atoms with Gasteiger partial charge in [-0.2, -0.15) is 0 Å². The third-order valence-corrected chi connectivity index (χ3v) is 6.37. The van der Waals surface area contributed by atoms with E-state index in [1.54, 1.807) is 0 Å². The van der Waals surface area contributed by atoms with Crippen LogP contribution in [0.15, 0.2) is 4.99 Å². The van der Waals surface area contributed by atoms with Crippen LogP contribution in [0.1, 0.15) is 110 Å². The van der Waals surface area contributed by atoms with E-state index < -0.39 is 25.0 Å². The number of hydrogen-bond acceptors (Lipinski definition) is 6. The van der Waals surface area contributed by atoms with Crippen molar-refractivity contribution in [2.24, 2.45) is 4.99 Å². The van der Waals surface area contributed by atoms with Crippen molar-refractivity contribution in [2.75, 3.05) is 39.3 Å². The molecule has 0 aliphatic rings. The summed E-state index contributed by atoms with van der Waals surface area (Å²) in [5.74, 6) is -2.79. The Labute approximate surface area is 263 Å². The molecule has 200 valence electrons. The minimum absolute atomic E-state index is 0. The average molecular weight is 532 g/mol. The second-order valence-electron chi connectivity index (χ2n) is 9.57. The summed E-state index contributed by atoms with van der Waals surface area (Å²) in [6.07, 6.45) is 19.2. The number of carboxylic acid groups (broad SMARTS) is 2. The molecule has 0 rings (SSSR count). The molecule has 0 aromatic carbocycles. The van der Waals surface area contributed by atoms with Gasteiger partial charge in [0.05, 0.1) is 25.7 Å². The van der Waals surface area contributed by atoms with Crippen molar-refractivity contribution in [2.45, 2.75) is 110 Å². The largest absolute Gasteiger partial charge is 1.00 e. The molecule has 0 heterocycles. The van der Waals surface area contributed by atoms with Crippen LogP contribution in [0.5, 0.6) is 0 Å². The Kier molecular flexibility index (Phi) is 32.1. The van der Waals surface area contributed by atoms with Crippen molar-refractivity contribution in [1.29, 1.82) is 0 Å². The number of quaternary nitrogens is 1. The molecule has 0 spiro atoms. The molecule has 0 saturated heterocycles. The fourth-order valence-corrected chi connectivity index (χ4v) is 4.37. The molecule has 36 heavy (non-hydrogen) atoms. The number of unbranched alkanes of at least 4 members (excludes halogenated alkanes) is 14. The predicted octanol–water partition coefficient (Wildman–Crippen LogP) is -3.34. The van der Waals surface area contributed by atoms with Gasteiger partial charge >= 0.3 is 65.1 Å². The number of rotatable bonds is 25. The Balaban J connectivity index is -0.00000544. The molecule has 0 bridgehead atoms. The number of nitrogens with zero attached hydrogens (tertiary/aromatic N) is 2. The molecule has 1 unspecified atom stereocenters.